The van der Waals surface area contributed by atoms with Crippen molar-refractivity contribution in [3.05, 3.63) is 70.0 Å². The van der Waals surface area contributed by atoms with Crippen molar-refractivity contribution in [1.82, 2.24) is 4.90 Å². The molecule has 1 amide bonds. The van der Waals surface area contributed by atoms with Crippen LogP contribution in [-0.2, 0) is 10.5 Å². The Hall–Kier alpha value is -3.02. The fourth-order valence-electron chi connectivity index (χ4n) is 4.18. The summed E-state index contributed by atoms with van der Waals surface area (Å²) in [6, 6.07) is 13.2. The molecule has 0 unspecified atom stereocenters. The number of hydrogen-bond acceptors (Lipinski definition) is 6. The minimum Gasteiger partial charge on any atom is -0.490 e. The molecule has 1 fully saturated rings. The van der Waals surface area contributed by atoms with Crippen LogP contribution in [0.2, 0.25) is 0 Å². The van der Waals surface area contributed by atoms with E-state index in [4.69, 9.17) is 9.47 Å². The SMILES string of the molecule is CCCOc1ccc([C@H]2CC(=O)N3C(=C2C#N)SC[C@]3(O)c2ccc(F)cc2)cc1OCC. The number of fused-ring (bicyclic) bond motifs is 1. The molecular formula is C25H25FN2O4S. The second-order valence-corrected chi connectivity index (χ2v) is 8.88. The molecule has 0 radical (unpaired) electrons. The number of ether oxygens (including phenoxy) is 2. The van der Waals surface area contributed by atoms with Crippen LogP contribution < -0.4 is 9.47 Å². The molecule has 2 aliphatic rings. The van der Waals surface area contributed by atoms with E-state index < -0.39 is 17.5 Å². The van der Waals surface area contributed by atoms with E-state index in [1.165, 1.54) is 40.9 Å². The summed E-state index contributed by atoms with van der Waals surface area (Å²) < 4.78 is 24.9. The molecule has 0 aromatic heterocycles. The van der Waals surface area contributed by atoms with Gasteiger partial charge in [-0.05, 0) is 43.2 Å². The standard InChI is InChI=1S/C25H25FN2O4S/c1-3-11-32-21-10-5-16(12-22(21)31-4-2)19-13-23(29)28-24(20(19)14-27)33-15-25(28,30)17-6-8-18(26)9-7-17/h5-10,12,19,30H,3-4,11,13,15H2,1-2H3/t19-,25+/m1/s1. The molecule has 0 saturated carbocycles. The minimum absolute atomic E-state index is 0.0250. The van der Waals surface area contributed by atoms with Crippen LogP contribution in [0.5, 0.6) is 11.5 Å². The quantitative estimate of drug-likeness (QED) is 0.637. The number of halogens is 1. The summed E-state index contributed by atoms with van der Waals surface area (Å²) in [6.45, 7) is 4.91. The van der Waals surface area contributed by atoms with Gasteiger partial charge in [-0.1, -0.05) is 25.1 Å². The van der Waals surface area contributed by atoms with Crippen molar-refractivity contribution in [2.75, 3.05) is 19.0 Å². The van der Waals surface area contributed by atoms with E-state index in [1.54, 1.807) is 0 Å². The number of nitriles is 1. The van der Waals surface area contributed by atoms with E-state index in [1.807, 2.05) is 32.0 Å². The molecule has 8 heteroatoms. The first kappa shape index (κ1) is 23.1. The molecule has 1 N–H and O–H groups in total. The van der Waals surface area contributed by atoms with Crippen molar-refractivity contribution in [3.63, 3.8) is 0 Å². The normalized spacial score (nSPS) is 22.2. The lowest BCUT2D eigenvalue weighted by atomic mass is 9.85. The van der Waals surface area contributed by atoms with Crippen LogP contribution in [0.3, 0.4) is 0 Å². The molecule has 1 saturated heterocycles. The van der Waals surface area contributed by atoms with Gasteiger partial charge in [0.05, 0.1) is 35.6 Å². The van der Waals surface area contributed by atoms with E-state index in [2.05, 4.69) is 6.07 Å². The summed E-state index contributed by atoms with van der Waals surface area (Å²) in [5.74, 6) is 0.168. The molecule has 6 nitrogen and oxygen atoms in total. The number of nitrogens with zero attached hydrogens (tertiary/aromatic N) is 2. The molecule has 2 aromatic rings. The predicted octanol–water partition coefficient (Wildman–Crippen LogP) is 4.66. The van der Waals surface area contributed by atoms with Crippen LogP contribution in [0.1, 0.15) is 43.7 Å². The van der Waals surface area contributed by atoms with E-state index in [0.717, 1.165) is 12.0 Å². The van der Waals surface area contributed by atoms with Crippen molar-refractivity contribution in [2.45, 2.75) is 38.3 Å². The van der Waals surface area contributed by atoms with Gasteiger partial charge in [0.2, 0.25) is 5.91 Å². The number of rotatable bonds is 7. The maximum Gasteiger partial charge on any atom is 0.231 e. The van der Waals surface area contributed by atoms with E-state index >= 15 is 0 Å². The smallest absolute Gasteiger partial charge is 0.231 e. The topological polar surface area (TPSA) is 82.8 Å². The van der Waals surface area contributed by atoms with E-state index in [0.29, 0.717) is 40.9 Å². The lowest BCUT2D eigenvalue weighted by molar-refractivity contribution is -0.149. The van der Waals surface area contributed by atoms with Gasteiger partial charge in [0, 0.05) is 17.9 Å². The molecule has 0 bridgehead atoms. The van der Waals surface area contributed by atoms with E-state index in [-0.39, 0.29) is 18.1 Å². The number of hydrogen-bond donors (Lipinski definition) is 1. The van der Waals surface area contributed by atoms with Crippen LogP contribution in [0.4, 0.5) is 4.39 Å². The Morgan fingerprint density at radius 2 is 1.97 bits per heavy atom. The number of allylic oxidation sites excluding steroid dienone is 1. The van der Waals surface area contributed by atoms with Gasteiger partial charge in [0.1, 0.15) is 5.82 Å². The largest absolute Gasteiger partial charge is 0.490 e. The van der Waals surface area contributed by atoms with Gasteiger partial charge in [-0.3, -0.25) is 9.69 Å². The highest BCUT2D eigenvalue weighted by Crippen LogP contribution is 2.52. The number of amides is 1. The molecule has 2 aromatic carbocycles. The number of aliphatic hydroxyl groups is 1. The average Bonchev–Trinajstić information content (AvgIpc) is 3.17. The van der Waals surface area contributed by atoms with Gasteiger partial charge in [0.25, 0.3) is 0 Å². The predicted molar refractivity (Wildman–Crippen MR) is 123 cm³/mol. The van der Waals surface area contributed by atoms with Crippen LogP contribution in [0, 0.1) is 17.1 Å². The Bertz CT molecular complexity index is 1130. The van der Waals surface area contributed by atoms with Gasteiger partial charge in [-0.25, -0.2) is 4.39 Å². The average molecular weight is 469 g/mol. The van der Waals surface area contributed by atoms with Crippen molar-refractivity contribution >= 4 is 17.7 Å². The lowest BCUT2D eigenvalue weighted by Crippen LogP contribution is -2.48. The zero-order chi connectivity index (χ0) is 23.6. The fourth-order valence-corrected chi connectivity index (χ4v) is 5.54. The Morgan fingerprint density at radius 1 is 1.21 bits per heavy atom. The number of carbonyl (C=O) groups is 1. The van der Waals surface area contributed by atoms with Crippen molar-refractivity contribution in [2.24, 2.45) is 0 Å². The second kappa shape index (κ2) is 9.46. The number of benzene rings is 2. The minimum atomic E-state index is -1.63. The molecular weight excluding hydrogens is 443 g/mol. The van der Waals surface area contributed by atoms with Crippen molar-refractivity contribution in [1.29, 1.82) is 5.26 Å². The zero-order valence-corrected chi connectivity index (χ0v) is 19.3. The van der Waals surface area contributed by atoms with Gasteiger partial charge in [-0.15, -0.1) is 11.8 Å². The van der Waals surface area contributed by atoms with Crippen LogP contribution in [0.25, 0.3) is 0 Å². The Labute approximate surface area is 196 Å². The van der Waals surface area contributed by atoms with Crippen molar-refractivity contribution in [3.8, 4) is 17.6 Å². The first-order valence-corrected chi connectivity index (χ1v) is 11.9. The second-order valence-electron chi connectivity index (χ2n) is 7.92. The third-order valence-corrected chi connectivity index (χ3v) is 6.97. The molecule has 0 spiro atoms. The highest BCUT2D eigenvalue weighted by Gasteiger charge is 2.51. The zero-order valence-electron chi connectivity index (χ0n) is 18.5. The maximum atomic E-state index is 13.4. The van der Waals surface area contributed by atoms with Crippen LogP contribution in [-0.4, -0.2) is 34.9 Å². The summed E-state index contributed by atoms with van der Waals surface area (Å²) >= 11 is 1.26. The molecule has 4 rings (SSSR count). The monoisotopic (exact) mass is 468 g/mol. The summed E-state index contributed by atoms with van der Waals surface area (Å²) in [5.41, 5.74) is -0.0299. The first-order chi connectivity index (χ1) is 15.9. The maximum absolute atomic E-state index is 13.4. The Morgan fingerprint density at radius 3 is 2.64 bits per heavy atom. The van der Waals surface area contributed by atoms with Gasteiger partial charge in [0.15, 0.2) is 17.2 Å². The third kappa shape index (κ3) is 4.19. The summed E-state index contributed by atoms with van der Waals surface area (Å²) in [4.78, 5) is 14.6. The Kier molecular flexibility index (Phi) is 6.63. The highest BCUT2D eigenvalue weighted by molar-refractivity contribution is 8.03. The van der Waals surface area contributed by atoms with Gasteiger partial charge >= 0.3 is 0 Å². The summed E-state index contributed by atoms with van der Waals surface area (Å²) in [7, 11) is 0. The summed E-state index contributed by atoms with van der Waals surface area (Å²) in [5, 5.41) is 21.9. The number of carbonyl (C=O) groups excluding carboxylic acids is 1. The van der Waals surface area contributed by atoms with Gasteiger partial charge < -0.3 is 14.6 Å². The lowest BCUT2D eigenvalue weighted by Gasteiger charge is -2.38. The third-order valence-electron chi connectivity index (χ3n) is 5.75. The van der Waals surface area contributed by atoms with Crippen molar-refractivity contribution < 1.29 is 23.8 Å². The molecule has 2 heterocycles. The van der Waals surface area contributed by atoms with E-state index in [9.17, 15) is 19.6 Å². The fraction of sp³-hybridized carbons (Fsp3) is 0.360. The number of thioether (sulfide) groups is 1. The molecule has 33 heavy (non-hydrogen) atoms. The molecule has 2 atom stereocenters. The van der Waals surface area contributed by atoms with Crippen LogP contribution in [0.15, 0.2) is 53.1 Å². The first-order valence-electron chi connectivity index (χ1n) is 10.9. The van der Waals surface area contributed by atoms with Gasteiger partial charge in [-0.2, -0.15) is 5.26 Å². The summed E-state index contributed by atoms with van der Waals surface area (Å²) in [6.07, 6.45) is 0.885. The molecule has 2 aliphatic heterocycles. The van der Waals surface area contributed by atoms with Crippen LogP contribution >= 0.6 is 11.8 Å². The molecule has 0 aliphatic carbocycles. The highest BCUT2D eigenvalue weighted by atomic mass is 32.2. The molecule has 172 valence electrons. The Balaban J connectivity index is 1.73.